The number of pyridine rings is 2. The number of halogens is 3. The maximum absolute atomic E-state index is 13.3. The largest absolute Gasteiger partial charge is 0.439 e. The summed E-state index contributed by atoms with van der Waals surface area (Å²) in [6.07, 6.45) is -1.58. The Labute approximate surface area is 187 Å². The van der Waals surface area contributed by atoms with Crippen LogP contribution in [0.5, 0.6) is 11.6 Å². The van der Waals surface area contributed by atoms with Crippen LogP contribution in [-0.2, 0) is 6.18 Å². The lowest BCUT2D eigenvalue weighted by Crippen LogP contribution is -2.39. The van der Waals surface area contributed by atoms with E-state index in [1.165, 1.54) is 6.07 Å². The third-order valence-electron chi connectivity index (χ3n) is 7.17. The van der Waals surface area contributed by atoms with Gasteiger partial charge in [0.05, 0.1) is 11.1 Å². The van der Waals surface area contributed by atoms with Crippen LogP contribution in [0.2, 0.25) is 0 Å². The molecule has 4 atom stereocenters. The summed E-state index contributed by atoms with van der Waals surface area (Å²) in [6.45, 7) is 1.97. The monoisotopic (exact) mass is 454 g/mol. The highest BCUT2D eigenvalue weighted by molar-refractivity contribution is 5.96. The summed E-state index contributed by atoms with van der Waals surface area (Å²) in [5.41, 5.74) is 0.258. The van der Waals surface area contributed by atoms with Gasteiger partial charge < -0.3 is 15.0 Å². The van der Waals surface area contributed by atoms with Gasteiger partial charge in [-0.05, 0) is 55.0 Å². The smallest absolute Gasteiger partial charge is 0.417 e. The molecule has 3 aliphatic heterocycles. The normalized spacial score (nSPS) is 26.1. The number of rotatable bonds is 3. The second-order valence-corrected chi connectivity index (χ2v) is 8.95. The Kier molecular flexibility index (Phi) is 4.58. The lowest BCUT2D eigenvalue weighted by atomic mass is 9.82. The number of carbonyl (C=O) groups excluding carboxylic acids is 1. The lowest BCUT2D eigenvalue weighted by molar-refractivity contribution is -0.137. The highest BCUT2D eigenvalue weighted by atomic mass is 19.4. The number of ether oxygens (including phenoxy) is 1. The fourth-order valence-electron chi connectivity index (χ4n) is 5.72. The number of hydrogen-bond acceptors (Lipinski definition) is 5. The van der Waals surface area contributed by atoms with E-state index in [4.69, 9.17) is 4.74 Å². The molecule has 3 aromatic rings. The average molecular weight is 454 g/mol. The van der Waals surface area contributed by atoms with Gasteiger partial charge in [-0.2, -0.15) is 13.2 Å². The Morgan fingerprint density at radius 2 is 1.79 bits per heavy atom. The Morgan fingerprint density at radius 3 is 2.45 bits per heavy atom. The van der Waals surface area contributed by atoms with Gasteiger partial charge in [-0.1, -0.05) is 6.07 Å². The van der Waals surface area contributed by atoms with E-state index < -0.39 is 11.7 Å². The predicted molar refractivity (Wildman–Crippen MR) is 114 cm³/mol. The van der Waals surface area contributed by atoms with E-state index in [2.05, 4.69) is 20.2 Å². The third-order valence-corrected chi connectivity index (χ3v) is 7.17. The van der Waals surface area contributed by atoms with Crippen molar-refractivity contribution in [1.82, 2.24) is 20.2 Å². The number of aromatic nitrogens is 2. The van der Waals surface area contributed by atoms with Gasteiger partial charge in [-0.15, -0.1) is 0 Å². The minimum Gasteiger partial charge on any atom is -0.439 e. The topological polar surface area (TPSA) is 67.3 Å². The molecule has 3 fully saturated rings. The molecule has 3 saturated heterocycles. The molecule has 1 N–H and O–H groups in total. The number of nitrogens with zero attached hydrogens (tertiary/aromatic N) is 3. The molecular formula is C24H21F3N4O2. The van der Waals surface area contributed by atoms with Crippen molar-refractivity contribution in [2.75, 3.05) is 13.1 Å². The van der Waals surface area contributed by atoms with E-state index in [-0.39, 0.29) is 11.8 Å². The molecule has 2 aromatic heterocycles. The molecule has 1 amide bonds. The van der Waals surface area contributed by atoms with Gasteiger partial charge in [0.25, 0.3) is 5.91 Å². The van der Waals surface area contributed by atoms with Gasteiger partial charge in [0.1, 0.15) is 11.4 Å². The number of alkyl halides is 3. The van der Waals surface area contributed by atoms with E-state index >= 15 is 0 Å². The van der Waals surface area contributed by atoms with Gasteiger partial charge in [0.2, 0.25) is 5.88 Å². The Hall–Kier alpha value is -3.20. The summed E-state index contributed by atoms with van der Waals surface area (Å²) in [6, 6.07) is 11.4. The highest BCUT2D eigenvalue weighted by Crippen LogP contribution is 2.47. The van der Waals surface area contributed by atoms with Crippen molar-refractivity contribution in [3.05, 3.63) is 59.9 Å². The van der Waals surface area contributed by atoms with Crippen LogP contribution in [0, 0.1) is 11.8 Å². The fourth-order valence-corrected chi connectivity index (χ4v) is 5.72. The molecule has 0 radical (unpaired) electrons. The van der Waals surface area contributed by atoms with Crippen molar-refractivity contribution >= 4 is 16.8 Å². The molecule has 9 heteroatoms. The molecular weight excluding hydrogens is 433 g/mol. The van der Waals surface area contributed by atoms with Crippen LogP contribution < -0.4 is 10.1 Å². The zero-order chi connectivity index (χ0) is 22.7. The van der Waals surface area contributed by atoms with E-state index in [9.17, 15) is 18.0 Å². The maximum atomic E-state index is 13.3. The first-order valence-electron chi connectivity index (χ1n) is 11.0. The lowest BCUT2D eigenvalue weighted by Gasteiger charge is -2.24. The average Bonchev–Trinajstić information content (AvgIpc) is 3.51. The van der Waals surface area contributed by atoms with E-state index in [0.29, 0.717) is 40.9 Å². The molecule has 0 saturated carbocycles. The van der Waals surface area contributed by atoms with Crippen LogP contribution in [0.3, 0.4) is 0 Å². The van der Waals surface area contributed by atoms with Crippen molar-refractivity contribution in [3.63, 3.8) is 0 Å². The van der Waals surface area contributed by atoms with Crippen LogP contribution in [0.4, 0.5) is 13.2 Å². The zero-order valence-corrected chi connectivity index (χ0v) is 17.5. The van der Waals surface area contributed by atoms with Gasteiger partial charge in [0, 0.05) is 42.8 Å². The Balaban J connectivity index is 1.21. The number of benzene rings is 1. The van der Waals surface area contributed by atoms with Gasteiger partial charge in [-0.3, -0.25) is 4.79 Å². The first-order valence-corrected chi connectivity index (χ1v) is 11.0. The molecule has 170 valence electrons. The molecule has 0 aliphatic carbocycles. The summed E-state index contributed by atoms with van der Waals surface area (Å²) in [7, 11) is 0. The molecule has 1 aromatic carbocycles. The molecule has 5 heterocycles. The van der Waals surface area contributed by atoms with Crippen LogP contribution in [0.15, 0.2) is 48.7 Å². The van der Waals surface area contributed by atoms with Crippen LogP contribution in [-0.4, -0.2) is 45.9 Å². The van der Waals surface area contributed by atoms with E-state index in [1.807, 2.05) is 6.07 Å². The summed E-state index contributed by atoms with van der Waals surface area (Å²) in [5, 5.41) is 4.23. The second kappa shape index (κ2) is 7.41. The van der Waals surface area contributed by atoms with Crippen molar-refractivity contribution in [3.8, 4) is 11.6 Å². The maximum Gasteiger partial charge on any atom is 0.417 e. The van der Waals surface area contributed by atoms with Gasteiger partial charge in [-0.25, -0.2) is 9.97 Å². The quantitative estimate of drug-likeness (QED) is 0.641. The molecule has 0 unspecified atom stereocenters. The second-order valence-electron chi connectivity index (χ2n) is 8.95. The summed E-state index contributed by atoms with van der Waals surface area (Å²) in [5.74, 6) is 1.58. The summed E-state index contributed by atoms with van der Waals surface area (Å²) >= 11 is 0. The first kappa shape index (κ1) is 20.4. The number of carbonyl (C=O) groups is 1. The zero-order valence-electron chi connectivity index (χ0n) is 17.5. The molecule has 6 rings (SSSR count). The van der Waals surface area contributed by atoms with Crippen LogP contribution >= 0.6 is 0 Å². The van der Waals surface area contributed by atoms with Crippen molar-refractivity contribution < 1.29 is 22.7 Å². The Morgan fingerprint density at radius 1 is 1.03 bits per heavy atom. The summed E-state index contributed by atoms with van der Waals surface area (Å²) in [4.78, 5) is 23.7. The molecule has 2 bridgehead atoms. The molecule has 3 aliphatic rings. The molecule has 33 heavy (non-hydrogen) atoms. The van der Waals surface area contributed by atoms with Crippen molar-refractivity contribution in [1.29, 1.82) is 0 Å². The minimum absolute atomic E-state index is 0.00641. The third kappa shape index (κ3) is 3.42. The minimum atomic E-state index is -4.44. The van der Waals surface area contributed by atoms with E-state index in [0.717, 1.165) is 43.6 Å². The summed E-state index contributed by atoms with van der Waals surface area (Å²) < 4.78 is 43.7. The fraction of sp³-hybridized carbons (Fsp3) is 0.375. The van der Waals surface area contributed by atoms with Crippen LogP contribution in [0.25, 0.3) is 10.9 Å². The highest BCUT2D eigenvalue weighted by Gasteiger charge is 2.56. The van der Waals surface area contributed by atoms with E-state index in [1.54, 1.807) is 24.3 Å². The standard InChI is InChI=1S/C24H21F3N4O2/c25-24(26,27)14-2-8-22(29-10-14)33-15-3-5-18-13(9-15)1-4-19(30-18)23(32)31-20-6-7-21(31)17-12-28-11-16(17)20/h1-5,8-10,16-17,20-21,28H,6-7,11-12H2/t16-,17+,20+,21-. The SMILES string of the molecule is O=C(c1ccc2cc(Oc3ccc(C(F)(F)F)cn3)ccc2n1)N1[C@@H]2CC[C@H]1[C@@H]1CNC[C@@H]12. The number of fused-ring (bicyclic) bond motifs is 6. The van der Waals surface area contributed by atoms with Gasteiger partial charge in [0.15, 0.2) is 0 Å². The molecule has 6 nitrogen and oxygen atoms in total. The van der Waals surface area contributed by atoms with Crippen molar-refractivity contribution in [2.24, 2.45) is 11.8 Å². The molecule has 0 spiro atoms. The van der Waals surface area contributed by atoms with Gasteiger partial charge >= 0.3 is 6.18 Å². The van der Waals surface area contributed by atoms with Crippen LogP contribution in [0.1, 0.15) is 28.9 Å². The number of amides is 1. The first-order chi connectivity index (χ1) is 15.9. The number of hydrogen-bond donors (Lipinski definition) is 1. The predicted octanol–water partition coefficient (Wildman–Crippen LogP) is 4.26. The van der Waals surface area contributed by atoms with Crippen molar-refractivity contribution in [2.45, 2.75) is 31.1 Å². The number of nitrogens with one attached hydrogen (secondary N) is 1. The Bertz CT molecular complexity index is 1210.